The standard InChI is InChI=1S/C29H32N4O/c30-18-20-10-14-24(15-11-20)29(34)33-26(17-21-12-13-22-6-4-5-9-25(22)16-21)28-31-19-27(32-28)23-7-2-1-3-8-23/h1-9,12-13,16,19-20,24,26H,10-11,14-15,17-18,30H2,(H,31,32)(H,33,34). The van der Waals surface area contributed by atoms with Gasteiger partial charge in [0.05, 0.1) is 11.7 Å². The monoisotopic (exact) mass is 452 g/mol. The van der Waals surface area contributed by atoms with Crippen LogP contribution in [-0.2, 0) is 11.2 Å². The number of nitrogens with one attached hydrogen (secondary N) is 2. The largest absolute Gasteiger partial charge is 0.346 e. The summed E-state index contributed by atoms with van der Waals surface area (Å²) in [4.78, 5) is 21.5. The molecule has 5 nitrogen and oxygen atoms in total. The average Bonchev–Trinajstić information content (AvgIpc) is 3.39. The topological polar surface area (TPSA) is 83.8 Å². The summed E-state index contributed by atoms with van der Waals surface area (Å²) in [6.07, 6.45) is 6.48. The second-order valence-electron chi connectivity index (χ2n) is 9.44. The second-order valence-corrected chi connectivity index (χ2v) is 9.44. The minimum Gasteiger partial charge on any atom is -0.346 e. The fourth-order valence-corrected chi connectivity index (χ4v) is 5.04. The van der Waals surface area contributed by atoms with Crippen molar-refractivity contribution in [2.75, 3.05) is 6.54 Å². The zero-order valence-electron chi connectivity index (χ0n) is 19.4. The molecule has 5 heteroatoms. The first kappa shape index (κ1) is 22.4. The summed E-state index contributed by atoms with van der Waals surface area (Å²) in [7, 11) is 0. The van der Waals surface area contributed by atoms with E-state index in [1.54, 1.807) is 0 Å². The molecule has 0 radical (unpaired) electrons. The molecule has 1 saturated carbocycles. The van der Waals surface area contributed by atoms with Crippen LogP contribution in [0.4, 0.5) is 0 Å². The molecular formula is C29H32N4O. The van der Waals surface area contributed by atoms with Gasteiger partial charge in [0.2, 0.25) is 5.91 Å². The van der Waals surface area contributed by atoms with Crippen molar-refractivity contribution >= 4 is 16.7 Å². The normalized spacial score (nSPS) is 19.1. The van der Waals surface area contributed by atoms with E-state index in [0.717, 1.165) is 42.8 Å². The molecule has 0 saturated heterocycles. The van der Waals surface area contributed by atoms with Crippen LogP contribution >= 0.6 is 0 Å². The van der Waals surface area contributed by atoms with Gasteiger partial charge in [0.1, 0.15) is 5.82 Å². The number of fused-ring (bicyclic) bond motifs is 1. The Hall–Kier alpha value is -3.44. The summed E-state index contributed by atoms with van der Waals surface area (Å²) in [5.41, 5.74) is 8.96. The molecule has 1 amide bonds. The van der Waals surface area contributed by atoms with Crippen molar-refractivity contribution in [2.24, 2.45) is 17.6 Å². The van der Waals surface area contributed by atoms with E-state index in [1.165, 1.54) is 16.3 Å². The number of rotatable bonds is 7. The first-order valence-electron chi connectivity index (χ1n) is 12.3. The lowest BCUT2D eigenvalue weighted by Crippen LogP contribution is -2.37. The highest BCUT2D eigenvalue weighted by atomic mass is 16.1. The molecule has 5 rings (SSSR count). The lowest BCUT2D eigenvalue weighted by Gasteiger charge is -2.28. The van der Waals surface area contributed by atoms with Crippen molar-refractivity contribution < 1.29 is 4.79 Å². The summed E-state index contributed by atoms with van der Waals surface area (Å²) in [5, 5.41) is 5.75. The number of carbonyl (C=O) groups excluding carboxylic acids is 1. The highest BCUT2D eigenvalue weighted by Crippen LogP contribution is 2.30. The van der Waals surface area contributed by atoms with Crippen LogP contribution in [0.1, 0.15) is 43.1 Å². The Morgan fingerprint density at radius 2 is 1.71 bits per heavy atom. The highest BCUT2D eigenvalue weighted by molar-refractivity contribution is 5.83. The number of nitrogens with zero attached hydrogens (tertiary/aromatic N) is 1. The fourth-order valence-electron chi connectivity index (χ4n) is 5.04. The van der Waals surface area contributed by atoms with Crippen molar-refractivity contribution in [1.82, 2.24) is 15.3 Å². The quantitative estimate of drug-likeness (QED) is 0.351. The predicted octanol–water partition coefficient (Wildman–Crippen LogP) is 5.40. The van der Waals surface area contributed by atoms with E-state index in [1.807, 2.05) is 36.5 Å². The highest BCUT2D eigenvalue weighted by Gasteiger charge is 2.28. The van der Waals surface area contributed by atoms with Crippen molar-refractivity contribution in [1.29, 1.82) is 0 Å². The van der Waals surface area contributed by atoms with Crippen molar-refractivity contribution in [3.8, 4) is 11.3 Å². The number of H-pyrrole nitrogens is 1. The Morgan fingerprint density at radius 1 is 0.971 bits per heavy atom. The van der Waals surface area contributed by atoms with Crippen molar-refractivity contribution in [3.63, 3.8) is 0 Å². The Bertz CT molecular complexity index is 1240. The molecule has 0 aliphatic heterocycles. The summed E-state index contributed by atoms with van der Waals surface area (Å²) in [5.74, 6) is 1.51. The van der Waals surface area contributed by atoms with Gasteiger partial charge in [-0.05, 0) is 60.9 Å². The van der Waals surface area contributed by atoms with Gasteiger partial charge >= 0.3 is 0 Å². The number of amides is 1. The number of nitrogens with two attached hydrogens (primary N) is 1. The summed E-state index contributed by atoms with van der Waals surface area (Å²) in [6, 6.07) is 24.8. The lowest BCUT2D eigenvalue weighted by molar-refractivity contribution is -0.127. The molecular weight excluding hydrogens is 420 g/mol. The molecule has 3 aromatic carbocycles. The van der Waals surface area contributed by atoms with E-state index in [2.05, 4.69) is 52.8 Å². The van der Waals surface area contributed by atoms with Crippen LogP contribution in [0.5, 0.6) is 0 Å². The molecule has 1 atom stereocenters. The van der Waals surface area contributed by atoms with Crippen LogP contribution in [-0.4, -0.2) is 22.4 Å². The van der Waals surface area contributed by atoms with Gasteiger partial charge in [0.15, 0.2) is 0 Å². The second kappa shape index (κ2) is 10.2. The lowest BCUT2D eigenvalue weighted by atomic mass is 9.81. The van der Waals surface area contributed by atoms with Crippen LogP contribution in [0, 0.1) is 11.8 Å². The maximum absolute atomic E-state index is 13.3. The molecule has 0 spiro atoms. The molecule has 1 fully saturated rings. The fraction of sp³-hybridized carbons (Fsp3) is 0.310. The van der Waals surface area contributed by atoms with Gasteiger partial charge in [-0.1, -0.05) is 72.8 Å². The van der Waals surface area contributed by atoms with Gasteiger partial charge in [-0.2, -0.15) is 0 Å². The number of carbonyl (C=O) groups is 1. The Morgan fingerprint density at radius 3 is 2.47 bits per heavy atom. The Kier molecular flexibility index (Phi) is 6.72. The minimum atomic E-state index is -0.224. The molecule has 34 heavy (non-hydrogen) atoms. The van der Waals surface area contributed by atoms with E-state index in [4.69, 9.17) is 10.7 Å². The molecule has 1 aliphatic carbocycles. The number of aromatic nitrogens is 2. The molecule has 1 aliphatic rings. The molecule has 4 N–H and O–H groups in total. The summed E-state index contributed by atoms with van der Waals surface area (Å²) in [6.45, 7) is 0.716. The third-order valence-corrected chi connectivity index (χ3v) is 7.12. The smallest absolute Gasteiger partial charge is 0.223 e. The molecule has 1 aromatic heterocycles. The number of aromatic amines is 1. The third kappa shape index (κ3) is 5.05. The van der Waals surface area contributed by atoms with Gasteiger partial charge in [0, 0.05) is 17.7 Å². The molecule has 1 unspecified atom stereocenters. The maximum atomic E-state index is 13.3. The SMILES string of the molecule is NCC1CCC(C(=O)NC(Cc2ccc3ccccc3c2)c2nc(-c3ccccc3)c[nH]2)CC1. The van der Waals surface area contributed by atoms with Gasteiger partial charge < -0.3 is 16.0 Å². The maximum Gasteiger partial charge on any atom is 0.223 e. The van der Waals surface area contributed by atoms with Gasteiger partial charge in [-0.25, -0.2) is 4.98 Å². The first-order valence-corrected chi connectivity index (χ1v) is 12.3. The Labute approximate surface area is 200 Å². The van der Waals surface area contributed by atoms with Crippen LogP contribution in [0.3, 0.4) is 0 Å². The molecule has 0 bridgehead atoms. The van der Waals surface area contributed by atoms with Gasteiger partial charge in [-0.3, -0.25) is 4.79 Å². The molecule has 1 heterocycles. The Balaban J connectivity index is 1.39. The van der Waals surface area contributed by atoms with E-state index in [-0.39, 0.29) is 17.9 Å². The van der Waals surface area contributed by atoms with Crippen molar-refractivity contribution in [3.05, 3.63) is 90.4 Å². The van der Waals surface area contributed by atoms with Crippen LogP contribution in [0.2, 0.25) is 0 Å². The third-order valence-electron chi connectivity index (χ3n) is 7.12. The van der Waals surface area contributed by atoms with Crippen molar-refractivity contribution in [2.45, 2.75) is 38.1 Å². The van der Waals surface area contributed by atoms with Crippen LogP contribution in [0.15, 0.2) is 79.0 Å². The zero-order valence-corrected chi connectivity index (χ0v) is 19.4. The summed E-state index contributed by atoms with van der Waals surface area (Å²) >= 11 is 0. The number of imidazole rings is 1. The van der Waals surface area contributed by atoms with E-state index < -0.39 is 0 Å². The van der Waals surface area contributed by atoms with E-state index >= 15 is 0 Å². The van der Waals surface area contributed by atoms with Crippen LogP contribution < -0.4 is 11.1 Å². The van der Waals surface area contributed by atoms with E-state index in [0.29, 0.717) is 18.9 Å². The average molecular weight is 453 g/mol. The molecule has 4 aromatic rings. The number of benzene rings is 3. The number of hydrogen-bond acceptors (Lipinski definition) is 3. The first-order chi connectivity index (χ1) is 16.7. The van der Waals surface area contributed by atoms with Crippen LogP contribution in [0.25, 0.3) is 22.0 Å². The van der Waals surface area contributed by atoms with Gasteiger partial charge in [-0.15, -0.1) is 0 Å². The van der Waals surface area contributed by atoms with Gasteiger partial charge in [0.25, 0.3) is 0 Å². The predicted molar refractivity (Wildman–Crippen MR) is 137 cm³/mol. The zero-order chi connectivity index (χ0) is 23.3. The molecule has 174 valence electrons. The minimum absolute atomic E-state index is 0.0467. The number of hydrogen-bond donors (Lipinski definition) is 3. The summed E-state index contributed by atoms with van der Waals surface area (Å²) < 4.78 is 0. The van der Waals surface area contributed by atoms with E-state index in [9.17, 15) is 4.79 Å².